The van der Waals surface area contributed by atoms with Gasteiger partial charge in [0.1, 0.15) is 0 Å². The van der Waals surface area contributed by atoms with Gasteiger partial charge in [-0.25, -0.2) is 9.97 Å². The molecule has 3 aromatic rings. The van der Waals surface area contributed by atoms with Crippen molar-refractivity contribution in [1.29, 1.82) is 0 Å². The first kappa shape index (κ1) is 14.9. The number of aromatic nitrogens is 2. The summed E-state index contributed by atoms with van der Waals surface area (Å²) < 4.78 is 10.7. The summed E-state index contributed by atoms with van der Waals surface area (Å²) in [6.45, 7) is 0.193. The lowest BCUT2D eigenvalue weighted by Gasteiger charge is -2.07. The Morgan fingerprint density at radius 2 is 1.56 bits per heavy atom. The second-order valence-corrected chi connectivity index (χ2v) is 5.37. The van der Waals surface area contributed by atoms with Gasteiger partial charge in [-0.3, -0.25) is 10.1 Å². The summed E-state index contributed by atoms with van der Waals surface area (Å²) in [6, 6.07) is 13.4. The predicted molar refractivity (Wildman–Crippen MR) is 90.1 cm³/mol. The quantitative estimate of drug-likeness (QED) is 0.577. The molecule has 0 spiro atoms. The smallest absolute Gasteiger partial charge is 0.269 e. The van der Waals surface area contributed by atoms with Crippen LogP contribution in [0.25, 0.3) is 22.5 Å². The molecule has 124 valence electrons. The van der Waals surface area contributed by atoms with Crippen molar-refractivity contribution in [1.82, 2.24) is 9.97 Å². The zero-order valence-corrected chi connectivity index (χ0v) is 12.9. The number of nitro benzene ring substituents is 1. The maximum absolute atomic E-state index is 10.8. The predicted octanol–water partition coefficient (Wildman–Crippen LogP) is 3.03. The molecule has 0 unspecified atom stereocenters. The number of nitrogens with zero attached hydrogens (tertiary/aromatic N) is 3. The minimum Gasteiger partial charge on any atom is -0.454 e. The molecule has 0 radical (unpaired) electrons. The Morgan fingerprint density at radius 3 is 2.28 bits per heavy atom. The highest BCUT2D eigenvalue weighted by Gasteiger charge is 2.15. The molecule has 8 heteroatoms. The summed E-state index contributed by atoms with van der Waals surface area (Å²) >= 11 is 0. The molecule has 2 N–H and O–H groups in total. The van der Waals surface area contributed by atoms with Crippen molar-refractivity contribution in [3.63, 3.8) is 0 Å². The molecule has 2 aromatic carbocycles. The number of anilines is 1. The van der Waals surface area contributed by atoms with E-state index in [0.29, 0.717) is 28.5 Å². The Morgan fingerprint density at radius 1 is 0.920 bits per heavy atom. The van der Waals surface area contributed by atoms with Crippen LogP contribution in [-0.2, 0) is 0 Å². The molecule has 8 nitrogen and oxygen atoms in total. The van der Waals surface area contributed by atoms with Crippen LogP contribution in [0.15, 0.2) is 48.5 Å². The molecule has 0 fully saturated rings. The first-order valence-electron chi connectivity index (χ1n) is 7.39. The van der Waals surface area contributed by atoms with Crippen molar-refractivity contribution in [2.75, 3.05) is 12.5 Å². The molecule has 1 aromatic heterocycles. The lowest BCUT2D eigenvalue weighted by molar-refractivity contribution is -0.384. The zero-order valence-electron chi connectivity index (χ0n) is 12.9. The largest absolute Gasteiger partial charge is 0.454 e. The fourth-order valence-corrected chi connectivity index (χ4v) is 2.57. The molecular formula is C17H12N4O4. The number of hydrogen-bond donors (Lipinski definition) is 1. The second kappa shape index (κ2) is 5.75. The highest BCUT2D eigenvalue weighted by Crippen LogP contribution is 2.36. The van der Waals surface area contributed by atoms with Gasteiger partial charge in [-0.15, -0.1) is 0 Å². The first-order valence-corrected chi connectivity index (χ1v) is 7.39. The summed E-state index contributed by atoms with van der Waals surface area (Å²) in [6.07, 6.45) is 0. The second-order valence-electron chi connectivity index (χ2n) is 5.37. The highest BCUT2D eigenvalue weighted by atomic mass is 16.7. The van der Waals surface area contributed by atoms with Gasteiger partial charge in [-0.1, -0.05) is 0 Å². The van der Waals surface area contributed by atoms with Crippen LogP contribution >= 0.6 is 0 Å². The summed E-state index contributed by atoms with van der Waals surface area (Å²) in [5, 5.41) is 10.8. The van der Waals surface area contributed by atoms with E-state index in [1.54, 1.807) is 18.2 Å². The molecule has 1 aliphatic heterocycles. The molecule has 0 saturated heterocycles. The normalized spacial score (nSPS) is 12.2. The van der Waals surface area contributed by atoms with E-state index in [0.717, 1.165) is 5.56 Å². The topological polar surface area (TPSA) is 113 Å². The summed E-state index contributed by atoms with van der Waals surface area (Å²) in [5.74, 6) is 1.44. The molecule has 4 rings (SSSR count). The van der Waals surface area contributed by atoms with Gasteiger partial charge in [0, 0.05) is 23.3 Å². The number of nitrogen functional groups attached to an aromatic ring is 1. The van der Waals surface area contributed by atoms with Gasteiger partial charge < -0.3 is 15.2 Å². The minimum absolute atomic E-state index is 0.0155. The van der Waals surface area contributed by atoms with Crippen molar-refractivity contribution in [2.45, 2.75) is 0 Å². The number of rotatable bonds is 3. The number of hydrogen-bond acceptors (Lipinski definition) is 7. The summed E-state index contributed by atoms with van der Waals surface area (Å²) in [5.41, 5.74) is 8.57. The third kappa shape index (κ3) is 2.80. The first-order chi connectivity index (χ1) is 12.1. The Labute approximate surface area is 142 Å². The maximum Gasteiger partial charge on any atom is 0.269 e. The van der Waals surface area contributed by atoms with E-state index in [4.69, 9.17) is 15.2 Å². The maximum atomic E-state index is 10.8. The molecule has 0 atom stereocenters. The molecular weight excluding hydrogens is 324 g/mol. The number of nitro groups is 1. The van der Waals surface area contributed by atoms with E-state index >= 15 is 0 Å². The molecule has 0 bridgehead atoms. The van der Waals surface area contributed by atoms with Crippen LogP contribution in [0.3, 0.4) is 0 Å². The average molecular weight is 336 g/mol. The van der Waals surface area contributed by atoms with E-state index in [1.165, 1.54) is 12.1 Å². The van der Waals surface area contributed by atoms with E-state index in [9.17, 15) is 10.1 Å². The third-order valence-electron chi connectivity index (χ3n) is 3.79. The van der Waals surface area contributed by atoms with E-state index < -0.39 is 4.92 Å². The fraction of sp³-hybridized carbons (Fsp3) is 0.0588. The molecule has 1 aliphatic rings. The van der Waals surface area contributed by atoms with E-state index in [2.05, 4.69) is 9.97 Å². The van der Waals surface area contributed by atoms with Gasteiger partial charge in [0.2, 0.25) is 12.7 Å². The van der Waals surface area contributed by atoms with Gasteiger partial charge in [0.25, 0.3) is 5.69 Å². The van der Waals surface area contributed by atoms with Crippen molar-refractivity contribution < 1.29 is 14.4 Å². The van der Waals surface area contributed by atoms with Crippen LogP contribution in [0.4, 0.5) is 11.6 Å². The van der Waals surface area contributed by atoms with Crippen molar-refractivity contribution >= 4 is 11.6 Å². The van der Waals surface area contributed by atoms with E-state index in [-0.39, 0.29) is 18.4 Å². The number of fused-ring (bicyclic) bond motifs is 1. The van der Waals surface area contributed by atoms with Crippen molar-refractivity contribution in [2.24, 2.45) is 0 Å². The Kier molecular flexibility index (Phi) is 3.42. The Hall–Kier alpha value is -3.68. The number of non-ortho nitro benzene ring substituents is 1. The zero-order chi connectivity index (χ0) is 17.4. The molecule has 0 aliphatic carbocycles. The third-order valence-corrected chi connectivity index (χ3v) is 3.79. The molecule has 25 heavy (non-hydrogen) atoms. The highest BCUT2D eigenvalue weighted by molar-refractivity contribution is 5.71. The Bertz CT molecular complexity index is 973. The molecule has 0 saturated carbocycles. The Balaban J connectivity index is 1.75. The standard InChI is InChI=1S/C17H12N4O4/c18-17-19-13(10-1-4-12(5-2-10)21(22)23)8-14(20-17)11-3-6-15-16(7-11)25-9-24-15/h1-8H,9H2,(H2,18,19,20). The van der Waals surface area contributed by atoms with Gasteiger partial charge in [0.15, 0.2) is 11.5 Å². The van der Waals surface area contributed by atoms with Gasteiger partial charge >= 0.3 is 0 Å². The lowest BCUT2D eigenvalue weighted by atomic mass is 10.1. The number of nitrogens with two attached hydrogens (primary N) is 1. The SMILES string of the molecule is Nc1nc(-c2ccc([N+](=O)[O-])cc2)cc(-c2ccc3c(c2)OCO3)n1. The monoisotopic (exact) mass is 336 g/mol. The van der Waals surface area contributed by atoms with Crippen LogP contribution in [0.1, 0.15) is 0 Å². The van der Waals surface area contributed by atoms with E-state index in [1.807, 2.05) is 18.2 Å². The van der Waals surface area contributed by atoms with Gasteiger partial charge in [-0.2, -0.15) is 0 Å². The van der Waals surface area contributed by atoms with Crippen LogP contribution < -0.4 is 15.2 Å². The van der Waals surface area contributed by atoms with Gasteiger partial charge in [-0.05, 0) is 36.4 Å². The fourth-order valence-electron chi connectivity index (χ4n) is 2.57. The van der Waals surface area contributed by atoms with Crippen molar-refractivity contribution in [3.8, 4) is 34.0 Å². The summed E-state index contributed by atoms with van der Waals surface area (Å²) in [7, 11) is 0. The summed E-state index contributed by atoms with van der Waals surface area (Å²) in [4.78, 5) is 18.8. The number of benzene rings is 2. The average Bonchev–Trinajstić information content (AvgIpc) is 3.09. The van der Waals surface area contributed by atoms with Crippen LogP contribution in [-0.4, -0.2) is 21.7 Å². The molecule has 0 amide bonds. The minimum atomic E-state index is -0.448. The van der Waals surface area contributed by atoms with Crippen molar-refractivity contribution in [3.05, 3.63) is 58.6 Å². The van der Waals surface area contributed by atoms with Gasteiger partial charge in [0.05, 0.1) is 16.3 Å². The van der Waals surface area contributed by atoms with Crippen LogP contribution in [0.2, 0.25) is 0 Å². The van der Waals surface area contributed by atoms with Crippen LogP contribution in [0, 0.1) is 10.1 Å². The number of ether oxygens (including phenoxy) is 2. The van der Waals surface area contributed by atoms with Crippen LogP contribution in [0.5, 0.6) is 11.5 Å². The molecule has 2 heterocycles. The lowest BCUT2D eigenvalue weighted by Crippen LogP contribution is -1.99.